The molecule has 0 radical (unpaired) electrons. The summed E-state index contributed by atoms with van der Waals surface area (Å²) >= 11 is 0. The largest absolute Gasteiger partial charge is 0.497 e. The first-order chi connectivity index (χ1) is 12.5. The molecule has 0 saturated heterocycles. The van der Waals surface area contributed by atoms with Crippen LogP contribution in [0.25, 0.3) is 0 Å². The average Bonchev–Trinajstić information content (AvgIpc) is 2.65. The van der Waals surface area contributed by atoms with Gasteiger partial charge < -0.3 is 9.47 Å². The van der Waals surface area contributed by atoms with E-state index in [1.807, 2.05) is 0 Å². The number of ether oxygens (including phenoxy) is 2. The zero-order valence-electron chi connectivity index (χ0n) is 14.8. The van der Waals surface area contributed by atoms with E-state index in [0.717, 1.165) is 13.7 Å². The fraction of sp³-hybridized carbons (Fsp3) is 0.278. The van der Waals surface area contributed by atoms with Gasteiger partial charge in [-0.15, -0.1) is 13.2 Å². The standard InChI is InChI=1S/C18H21N3O5/c1-5-9-19-16(22)20(10-6-2)18(24)21(17(19)23)12-13-11-14(25-3)7-8-15(13)26-4/h5-8,11H,1-2,9-10,12H2,3-4H3. The molecule has 0 spiro atoms. The van der Waals surface area contributed by atoms with Gasteiger partial charge in [0.2, 0.25) is 0 Å². The van der Waals surface area contributed by atoms with Gasteiger partial charge in [-0.2, -0.15) is 0 Å². The van der Waals surface area contributed by atoms with Crippen molar-refractivity contribution in [1.29, 1.82) is 0 Å². The van der Waals surface area contributed by atoms with E-state index in [1.165, 1.54) is 26.4 Å². The predicted molar refractivity (Wildman–Crippen MR) is 98.3 cm³/mol. The third-order valence-electron chi connectivity index (χ3n) is 3.82. The summed E-state index contributed by atoms with van der Waals surface area (Å²) in [5.74, 6) is 1.05. The summed E-state index contributed by atoms with van der Waals surface area (Å²) in [6.45, 7) is 7.00. The number of aromatic nitrogens is 3. The molecule has 0 atom stereocenters. The van der Waals surface area contributed by atoms with E-state index in [2.05, 4.69) is 13.2 Å². The molecule has 0 bridgehead atoms. The smallest absolute Gasteiger partial charge is 0.336 e. The van der Waals surface area contributed by atoms with Gasteiger partial charge in [-0.3, -0.25) is 0 Å². The number of hydrogen-bond donors (Lipinski definition) is 0. The highest BCUT2D eigenvalue weighted by molar-refractivity contribution is 5.40. The monoisotopic (exact) mass is 359 g/mol. The minimum absolute atomic E-state index is 0.00959. The van der Waals surface area contributed by atoms with Crippen LogP contribution in [0.3, 0.4) is 0 Å². The quantitative estimate of drug-likeness (QED) is 0.645. The summed E-state index contributed by atoms with van der Waals surface area (Å²) in [5, 5.41) is 0. The first kappa shape index (κ1) is 19.0. The molecule has 0 aliphatic rings. The van der Waals surface area contributed by atoms with Gasteiger partial charge in [-0.05, 0) is 18.2 Å². The number of nitrogens with zero attached hydrogens (tertiary/aromatic N) is 3. The fourth-order valence-corrected chi connectivity index (χ4v) is 2.56. The summed E-state index contributed by atoms with van der Waals surface area (Å²) in [6, 6.07) is 5.06. The zero-order chi connectivity index (χ0) is 19.3. The Bertz CT molecular complexity index is 949. The zero-order valence-corrected chi connectivity index (χ0v) is 14.8. The third-order valence-corrected chi connectivity index (χ3v) is 3.82. The Balaban J connectivity index is 2.72. The van der Waals surface area contributed by atoms with Crippen LogP contribution in [-0.4, -0.2) is 27.9 Å². The van der Waals surface area contributed by atoms with Crippen molar-refractivity contribution in [2.75, 3.05) is 14.2 Å². The van der Waals surface area contributed by atoms with Crippen LogP contribution in [0.15, 0.2) is 57.9 Å². The average molecular weight is 359 g/mol. The highest BCUT2D eigenvalue weighted by Crippen LogP contribution is 2.24. The van der Waals surface area contributed by atoms with Crippen molar-refractivity contribution in [1.82, 2.24) is 13.7 Å². The van der Waals surface area contributed by atoms with Crippen molar-refractivity contribution in [3.05, 3.63) is 80.5 Å². The first-order valence-electron chi connectivity index (χ1n) is 7.85. The number of rotatable bonds is 8. The van der Waals surface area contributed by atoms with E-state index < -0.39 is 17.1 Å². The summed E-state index contributed by atoms with van der Waals surface area (Å²) in [5.41, 5.74) is -1.57. The first-order valence-corrected chi connectivity index (χ1v) is 7.85. The van der Waals surface area contributed by atoms with Gasteiger partial charge in [0.05, 0.1) is 33.9 Å². The molecule has 1 aromatic heterocycles. The Labute approximate surface area is 149 Å². The molecule has 0 saturated carbocycles. The van der Waals surface area contributed by atoms with Crippen molar-refractivity contribution in [3.63, 3.8) is 0 Å². The number of benzene rings is 1. The highest BCUT2D eigenvalue weighted by atomic mass is 16.5. The minimum Gasteiger partial charge on any atom is -0.497 e. The van der Waals surface area contributed by atoms with Crippen molar-refractivity contribution in [2.24, 2.45) is 0 Å². The summed E-state index contributed by atoms with van der Waals surface area (Å²) in [6.07, 6.45) is 2.84. The molecular formula is C18H21N3O5. The summed E-state index contributed by atoms with van der Waals surface area (Å²) in [4.78, 5) is 37.8. The third kappa shape index (κ3) is 3.53. The number of hydrogen-bond acceptors (Lipinski definition) is 5. The topological polar surface area (TPSA) is 84.5 Å². The van der Waals surface area contributed by atoms with Gasteiger partial charge >= 0.3 is 17.1 Å². The van der Waals surface area contributed by atoms with E-state index in [0.29, 0.717) is 17.1 Å². The second-order valence-corrected chi connectivity index (χ2v) is 5.41. The normalized spacial score (nSPS) is 10.4. The second kappa shape index (κ2) is 8.19. The van der Waals surface area contributed by atoms with Crippen LogP contribution in [0.5, 0.6) is 11.5 Å². The van der Waals surface area contributed by atoms with Gasteiger partial charge in [0.15, 0.2) is 0 Å². The minimum atomic E-state index is -0.718. The van der Waals surface area contributed by atoms with Gasteiger partial charge in [0.25, 0.3) is 0 Å². The molecular weight excluding hydrogens is 338 g/mol. The van der Waals surface area contributed by atoms with E-state index in [1.54, 1.807) is 18.2 Å². The summed E-state index contributed by atoms with van der Waals surface area (Å²) < 4.78 is 13.4. The Morgan fingerprint density at radius 1 is 0.885 bits per heavy atom. The highest BCUT2D eigenvalue weighted by Gasteiger charge is 2.16. The lowest BCUT2D eigenvalue weighted by molar-refractivity contribution is 0.395. The lowest BCUT2D eigenvalue weighted by Gasteiger charge is -2.14. The predicted octanol–water partition coefficient (Wildman–Crippen LogP) is 0.609. The molecule has 0 aliphatic heterocycles. The van der Waals surface area contributed by atoms with Gasteiger partial charge in [-0.1, -0.05) is 12.2 Å². The van der Waals surface area contributed by atoms with Crippen molar-refractivity contribution >= 4 is 0 Å². The maximum Gasteiger partial charge on any atom is 0.336 e. The maximum absolute atomic E-state index is 12.7. The Morgan fingerprint density at radius 3 is 1.88 bits per heavy atom. The number of allylic oxidation sites excluding steroid dienone is 2. The molecule has 8 heteroatoms. The van der Waals surface area contributed by atoms with Crippen molar-refractivity contribution in [3.8, 4) is 11.5 Å². The SMILES string of the molecule is C=CCn1c(=O)n(CC=C)c(=O)n(Cc2cc(OC)ccc2OC)c1=O. The van der Waals surface area contributed by atoms with E-state index in [4.69, 9.17) is 9.47 Å². The molecule has 138 valence electrons. The van der Waals surface area contributed by atoms with Crippen LogP contribution in [0, 0.1) is 0 Å². The molecule has 0 fully saturated rings. The van der Waals surface area contributed by atoms with Crippen LogP contribution in [0.4, 0.5) is 0 Å². The van der Waals surface area contributed by atoms with Crippen LogP contribution in [0.2, 0.25) is 0 Å². The van der Waals surface area contributed by atoms with Crippen molar-refractivity contribution < 1.29 is 9.47 Å². The molecule has 26 heavy (non-hydrogen) atoms. The molecule has 1 heterocycles. The number of methoxy groups -OCH3 is 2. The lowest BCUT2D eigenvalue weighted by Crippen LogP contribution is -2.54. The molecule has 0 N–H and O–H groups in total. The van der Waals surface area contributed by atoms with Gasteiger partial charge in [0.1, 0.15) is 11.5 Å². The molecule has 1 aromatic carbocycles. The molecule has 8 nitrogen and oxygen atoms in total. The Kier molecular flexibility index (Phi) is 6.00. The molecule has 0 aliphatic carbocycles. The molecule has 0 unspecified atom stereocenters. The van der Waals surface area contributed by atoms with Gasteiger partial charge in [0, 0.05) is 5.56 Å². The van der Waals surface area contributed by atoms with Crippen LogP contribution in [0.1, 0.15) is 5.56 Å². The van der Waals surface area contributed by atoms with Crippen LogP contribution < -0.4 is 26.5 Å². The van der Waals surface area contributed by atoms with E-state index in [-0.39, 0.29) is 19.6 Å². The fourth-order valence-electron chi connectivity index (χ4n) is 2.56. The van der Waals surface area contributed by atoms with Crippen LogP contribution in [-0.2, 0) is 19.6 Å². The molecule has 2 aromatic rings. The summed E-state index contributed by atoms with van der Waals surface area (Å²) in [7, 11) is 3.00. The van der Waals surface area contributed by atoms with E-state index >= 15 is 0 Å². The lowest BCUT2D eigenvalue weighted by atomic mass is 10.2. The van der Waals surface area contributed by atoms with E-state index in [9.17, 15) is 14.4 Å². The van der Waals surface area contributed by atoms with Crippen LogP contribution >= 0.6 is 0 Å². The molecule has 2 rings (SSSR count). The maximum atomic E-state index is 12.7. The molecule has 0 amide bonds. The Morgan fingerprint density at radius 2 is 1.42 bits per heavy atom. The Hall–Kier alpha value is -3.29. The van der Waals surface area contributed by atoms with Gasteiger partial charge in [-0.25, -0.2) is 28.1 Å². The second-order valence-electron chi connectivity index (χ2n) is 5.41. The van der Waals surface area contributed by atoms with Crippen molar-refractivity contribution in [2.45, 2.75) is 19.6 Å².